The van der Waals surface area contributed by atoms with E-state index in [4.69, 9.17) is 4.79 Å². The average Bonchev–Trinajstić information content (AvgIpc) is 0.918. The van der Waals surface area contributed by atoms with Gasteiger partial charge in [0.05, 0.1) is 0 Å². The van der Waals surface area contributed by atoms with Gasteiger partial charge in [-0.3, -0.25) is 4.79 Å². The van der Waals surface area contributed by atoms with E-state index in [2.05, 4.69) is 5.73 Å². The van der Waals surface area contributed by atoms with Crippen LogP contribution in [0.15, 0.2) is 0 Å². The van der Waals surface area contributed by atoms with Crippen molar-refractivity contribution >= 4 is 6.41 Å². The van der Waals surface area contributed by atoms with Gasteiger partial charge in [0.25, 0.3) is 0 Å². The largest absolute Gasteiger partial charge is 0.372 e. The van der Waals surface area contributed by atoms with E-state index in [0.29, 0.717) is 0 Å². The summed E-state index contributed by atoms with van der Waals surface area (Å²) in [5, 5.41) is 0. The Morgan fingerprint density at radius 1 is 1.75 bits per heavy atom. The molecule has 1 amide bonds. The van der Waals surface area contributed by atoms with Gasteiger partial charge in [-0.05, 0) is 0 Å². The fourth-order valence-corrected chi connectivity index (χ4v) is 0. The van der Waals surface area contributed by atoms with Crippen LogP contribution < -0.4 is 5.73 Å². The molecule has 0 rings (SSSR count). The summed E-state index contributed by atoms with van der Waals surface area (Å²) in [6.45, 7) is 0. The zero-order chi connectivity index (χ0) is 2.71. The van der Waals surface area contributed by atoms with E-state index in [9.17, 15) is 0 Å². The van der Waals surface area contributed by atoms with Crippen LogP contribution in [0.25, 0.3) is 0 Å². The number of hydrogen-bond acceptors (Lipinski definition) is 1. The van der Waals surface area contributed by atoms with Crippen molar-refractivity contribution < 1.29 is 37.5 Å². The summed E-state index contributed by atoms with van der Waals surface area (Å²) < 4.78 is 0. The van der Waals surface area contributed by atoms with Crippen molar-refractivity contribution in [1.82, 2.24) is 0 Å². The van der Waals surface area contributed by atoms with Crippen LogP contribution in [0.4, 0.5) is 0 Å². The van der Waals surface area contributed by atoms with E-state index in [0.717, 1.165) is 0 Å². The number of carbonyl (C=O) groups excluding carboxylic acids is 1. The Balaban J connectivity index is 0. The molecule has 3 heteroatoms. The molecule has 1 radical (unpaired) electrons. The average molecular weight is 134 g/mol. The summed E-state index contributed by atoms with van der Waals surface area (Å²) in [6, 6.07) is 0. The Morgan fingerprint density at radius 2 is 1.75 bits per heavy atom. The van der Waals surface area contributed by atoms with Crippen LogP contribution in [0.2, 0.25) is 0 Å². The van der Waals surface area contributed by atoms with E-state index >= 15 is 0 Å². The normalized spacial score (nSPS) is 3.00. The Morgan fingerprint density at radius 3 is 1.75 bits per heavy atom. The molecule has 0 aromatic carbocycles. The summed E-state index contributed by atoms with van der Waals surface area (Å²) in [5.74, 6) is 0. The van der Waals surface area contributed by atoms with E-state index < -0.39 is 0 Å². The first-order valence-corrected chi connectivity index (χ1v) is 0.569. The van der Waals surface area contributed by atoms with Gasteiger partial charge < -0.3 is 5.73 Å². The third-order valence-corrected chi connectivity index (χ3v) is 0. The summed E-state index contributed by atoms with van der Waals surface area (Å²) in [4.78, 5) is 8.58. The maximum atomic E-state index is 8.58. The molecule has 0 atom stereocenters. The molecule has 0 unspecified atom stereocenters. The molecule has 0 saturated carbocycles. The minimum atomic E-state index is 0. The molecule has 2 nitrogen and oxygen atoms in total. The molecule has 0 aliphatic rings. The molecule has 0 saturated heterocycles. The zero-order valence-electron chi connectivity index (χ0n) is 2.14. The predicted molar refractivity (Wildman–Crippen MR) is 10.3 cm³/mol. The molecule has 0 heterocycles. The van der Waals surface area contributed by atoms with Crippen molar-refractivity contribution in [3.63, 3.8) is 0 Å². The maximum Gasteiger partial charge on any atom is 0.204 e. The molecule has 0 spiro atoms. The molecular formula is CH3NOY. The van der Waals surface area contributed by atoms with E-state index in [-0.39, 0.29) is 39.1 Å². The Labute approximate surface area is 49.6 Å². The Kier molecular flexibility index (Phi) is 21.1. The summed E-state index contributed by atoms with van der Waals surface area (Å²) >= 11 is 0. The molecule has 4 heavy (non-hydrogen) atoms. The molecule has 0 bridgehead atoms. The number of carbonyl (C=O) groups is 1. The van der Waals surface area contributed by atoms with Gasteiger partial charge in [-0.15, -0.1) is 0 Å². The maximum absolute atomic E-state index is 8.58. The van der Waals surface area contributed by atoms with E-state index in [1.807, 2.05) is 0 Å². The molecule has 0 aliphatic heterocycles. The fourth-order valence-electron chi connectivity index (χ4n) is 0. The topological polar surface area (TPSA) is 43.1 Å². The molecule has 21 valence electrons. The van der Waals surface area contributed by atoms with Crippen molar-refractivity contribution in [3.8, 4) is 0 Å². The quantitative estimate of drug-likeness (QED) is 0.428. The second-order valence-corrected chi connectivity index (χ2v) is 0.136. The van der Waals surface area contributed by atoms with Gasteiger partial charge in [0.1, 0.15) is 0 Å². The summed E-state index contributed by atoms with van der Waals surface area (Å²) in [6.07, 6.45) is 0.250. The Bertz CT molecular complexity index is 15.5. The molecule has 0 aromatic heterocycles. The van der Waals surface area contributed by atoms with Gasteiger partial charge in [-0.1, -0.05) is 0 Å². The first kappa shape index (κ1) is 8.82. The van der Waals surface area contributed by atoms with Crippen molar-refractivity contribution in [3.05, 3.63) is 0 Å². The van der Waals surface area contributed by atoms with Gasteiger partial charge in [-0.25, -0.2) is 0 Å². The van der Waals surface area contributed by atoms with Crippen LogP contribution in [0.5, 0.6) is 0 Å². The van der Waals surface area contributed by atoms with Gasteiger partial charge in [0.15, 0.2) is 0 Å². The van der Waals surface area contributed by atoms with Gasteiger partial charge in [0, 0.05) is 32.7 Å². The second kappa shape index (κ2) is 9.56. The van der Waals surface area contributed by atoms with Gasteiger partial charge in [-0.2, -0.15) is 0 Å². The third-order valence-electron chi connectivity index (χ3n) is 0. The SMILES string of the molecule is NC=O.[Y]. The molecule has 0 fully saturated rings. The van der Waals surface area contributed by atoms with Crippen LogP contribution in [0, 0.1) is 0 Å². The number of primary amides is 1. The molecule has 2 N–H and O–H groups in total. The van der Waals surface area contributed by atoms with E-state index in [1.165, 1.54) is 0 Å². The van der Waals surface area contributed by atoms with Crippen LogP contribution in [0.3, 0.4) is 0 Å². The molecule has 0 aliphatic carbocycles. The summed E-state index contributed by atoms with van der Waals surface area (Å²) in [7, 11) is 0. The van der Waals surface area contributed by atoms with Gasteiger partial charge >= 0.3 is 0 Å². The number of nitrogens with two attached hydrogens (primary N) is 1. The number of rotatable bonds is 0. The first-order valence-electron chi connectivity index (χ1n) is 0.569. The zero-order valence-corrected chi connectivity index (χ0v) is 4.98. The van der Waals surface area contributed by atoms with Crippen molar-refractivity contribution in [2.24, 2.45) is 5.73 Å². The van der Waals surface area contributed by atoms with E-state index in [1.54, 1.807) is 0 Å². The number of amides is 1. The third kappa shape index (κ3) is 19.4. The fraction of sp³-hybridized carbons (Fsp3) is 0. The van der Waals surface area contributed by atoms with Crippen molar-refractivity contribution in [2.45, 2.75) is 0 Å². The molecule has 0 aromatic rings. The minimum absolute atomic E-state index is 0. The second-order valence-electron chi connectivity index (χ2n) is 0.136. The number of hydrogen-bond donors (Lipinski definition) is 1. The first-order chi connectivity index (χ1) is 1.41. The summed E-state index contributed by atoms with van der Waals surface area (Å²) in [5.41, 5.74) is 4.17. The van der Waals surface area contributed by atoms with Crippen molar-refractivity contribution in [2.75, 3.05) is 0 Å². The van der Waals surface area contributed by atoms with Crippen LogP contribution >= 0.6 is 0 Å². The Hall–Kier alpha value is 0.574. The van der Waals surface area contributed by atoms with Gasteiger partial charge in [0.2, 0.25) is 6.41 Å². The minimum Gasteiger partial charge on any atom is -0.372 e. The van der Waals surface area contributed by atoms with Crippen LogP contribution in [0.1, 0.15) is 0 Å². The van der Waals surface area contributed by atoms with Crippen LogP contribution in [-0.4, -0.2) is 6.41 Å². The smallest absolute Gasteiger partial charge is 0.204 e. The standard InChI is InChI=1S/CH3NO.Y/c2-1-3;/h1H,(H2,2,3);. The monoisotopic (exact) mass is 134 g/mol. The van der Waals surface area contributed by atoms with Crippen molar-refractivity contribution in [1.29, 1.82) is 0 Å². The van der Waals surface area contributed by atoms with Crippen LogP contribution in [-0.2, 0) is 37.5 Å². The predicted octanol–water partition coefficient (Wildman–Crippen LogP) is -0.901. The molecular weight excluding hydrogens is 131 g/mol.